The number of para-hydroxylation sites is 8. The van der Waals surface area contributed by atoms with E-state index >= 15 is 8.78 Å². The van der Waals surface area contributed by atoms with Gasteiger partial charge in [-0.3, -0.25) is 0 Å². The van der Waals surface area contributed by atoms with E-state index in [1.807, 2.05) is 103 Å². The molecule has 0 spiro atoms. The van der Waals surface area contributed by atoms with Crippen molar-refractivity contribution in [3.63, 3.8) is 0 Å². The minimum absolute atomic E-state index is 0.0605. The molecule has 1 fully saturated rings. The summed E-state index contributed by atoms with van der Waals surface area (Å²) in [5, 5.41) is 0. The lowest BCUT2D eigenvalue weighted by Crippen LogP contribution is -2.24. The maximum absolute atomic E-state index is 16.5. The molecule has 2 heterocycles. The summed E-state index contributed by atoms with van der Waals surface area (Å²) >= 11 is 0. The third kappa shape index (κ3) is 5.24. The quantitative estimate of drug-likeness (QED) is 0.178. The molecule has 0 N–H and O–H groups in total. The average molecular weight is 711 g/mol. The second-order valence-corrected chi connectivity index (χ2v) is 14.1. The molecule has 1 aliphatic carbocycles. The molecular formula is C48H36F2N2O2. The molecule has 0 atom stereocenters. The third-order valence-electron chi connectivity index (χ3n) is 11.0. The molecule has 0 aromatic heterocycles. The molecule has 0 radical (unpaired) electrons. The van der Waals surface area contributed by atoms with Crippen LogP contribution in [-0.4, -0.2) is 0 Å². The van der Waals surface area contributed by atoms with Crippen molar-refractivity contribution in [1.82, 2.24) is 0 Å². The Kier molecular flexibility index (Phi) is 7.90. The molecule has 0 bridgehead atoms. The van der Waals surface area contributed by atoms with Crippen LogP contribution in [0.2, 0.25) is 0 Å². The van der Waals surface area contributed by atoms with E-state index in [-0.39, 0.29) is 17.6 Å². The van der Waals surface area contributed by atoms with Gasteiger partial charge in [0.1, 0.15) is 11.6 Å². The molecule has 4 nitrogen and oxygen atoms in total. The van der Waals surface area contributed by atoms with Crippen LogP contribution in [0.15, 0.2) is 152 Å². The molecule has 2 aliphatic heterocycles. The lowest BCUT2D eigenvalue weighted by atomic mass is 9.78. The Balaban J connectivity index is 1.43. The van der Waals surface area contributed by atoms with Crippen molar-refractivity contribution in [2.45, 2.75) is 38.0 Å². The molecule has 0 saturated heterocycles. The lowest BCUT2D eigenvalue weighted by molar-refractivity contribution is 0.443. The van der Waals surface area contributed by atoms with E-state index in [9.17, 15) is 0 Å². The van der Waals surface area contributed by atoms with E-state index < -0.39 is 0 Å². The van der Waals surface area contributed by atoms with Crippen LogP contribution in [0, 0.1) is 11.6 Å². The van der Waals surface area contributed by atoms with Crippen molar-refractivity contribution in [3.8, 4) is 45.3 Å². The van der Waals surface area contributed by atoms with Crippen molar-refractivity contribution >= 4 is 34.1 Å². The minimum Gasteiger partial charge on any atom is -0.453 e. The van der Waals surface area contributed by atoms with E-state index in [2.05, 4.69) is 34.1 Å². The highest BCUT2D eigenvalue weighted by Gasteiger charge is 2.39. The fourth-order valence-electron chi connectivity index (χ4n) is 8.60. The Morgan fingerprint density at radius 3 is 1.15 bits per heavy atom. The molecule has 6 heteroatoms. The first kappa shape index (κ1) is 32.3. The second-order valence-electron chi connectivity index (χ2n) is 14.1. The van der Waals surface area contributed by atoms with Crippen LogP contribution < -0.4 is 19.3 Å². The third-order valence-corrected chi connectivity index (χ3v) is 11.0. The Labute approximate surface area is 313 Å². The smallest absolute Gasteiger partial charge is 0.151 e. The molecule has 1 saturated carbocycles. The summed E-state index contributed by atoms with van der Waals surface area (Å²) in [5.74, 6) is 2.17. The van der Waals surface area contributed by atoms with Gasteiger partial charge in [0.05, 0.1) is 34.1 Å². The van der Waals surface area contributed by atoms with Crippen molar-refractivity contribution < 1.29 is 18.3 Å². The van der Waals surface area contributed by atoms with Crippen LogP contribution in [0.3, 0.4) is 0 Å². The normalized spacial score (nSPS) is 14.6. The van der Waals surface area contributed by atoms with Crippen LogP contribution in [0.1, 0.15) is 43.6 Å². The largest absolute Gasteiger partial charge is 0.453 e. The summed E-state index contributed by atoms with van der Waals surface area (Å²) in [6.07, 6.45) is 5.10. The second kappa shape index (κ2) is 13.2. The van der Waals surface area contributed by atoms with Crippen LogP contribution >= 0.6 is 0 Å². The van der Waals surface area contributed by atoms with Gasteiger partial charge in [0.15, 0.2) is 23.0 Å². The van der Waals surface area contributed by atoms with Gasteiger partial charge in [-0.25, -0.2) is 8.78 Å². The molecule has 10 rings (SSSR count). The standard InChI is InChI=1S/C48H36F2N2O2/c49-36-20-6-4-18-32(36)34-30-35(33-19-5-7-21-37(33)50)48(52-40-24-10-14-28-44(40)54-45-29-15-11-25-41(45)52)46(31-16-2-1-3-17-31)47(34)51-38-22-8-12-26-42(38)53-43-27-13-9-23-39(43)51/h4-15,18-31H,1-3,16-17H2. The Morgan fingerprint density at radius 2 is 0.759 bits per heavy atom. The number of halogens is 2. The fourth-order valence-corrected chi connectivity index (χ4v) is 8.60. The summed E-state index contributed by atoms with van der Waals surface area (Å²) < 4.78 is 46.1. The van der Waals surface area contributed by atoms with Gasteiger partial charge in [-0.1, -0.05) is 104 Å². The zero-order chi connectivity index (χ0) is 36.2. The van der Waals surface area contributed by atoms with Gasteiger partial charge < -0.3 is 19.3 Å². The van der Waals surface area contributed by atoms with E-state index in [1.54, 1.807) is 12.1 Å². The van der Waals surface area contributed by atoms with Crippen LogP contribution in [0.4, 0.5) is 42.9 Å². The number of hydrogen-bond acceptors (Lipinski definition) is 4. The number of nitrogens with zero attached hydrogens (tertiary/aromatic N) is 2. The minimum atomic E-state index is -0.350. The maximum atomic E-state index is 16.5. The summed E-state index contributed by atoms with van der Waals surface area (Å²) in [7, 11) is 0. The highest BCUT2D eigenvalue weighted by Crippen LogP contribution is 2.62. The number of fused-ring (bicyclic) bond motifs is 4. The zero-order valence-corrected chi connectivity index (χ0v) is 29.5. The first-order chi connectivity index (χ1) is 26.7. The summed E-state index contributed by atoms with van der Waals surface area (Å²) in [6.45, 7) is 0. The Morgan fingerprint density at radius 1 is 0.407 bits per heavy atom. The SMILES string of the molecule is Fc1ccccc1-c1cc(-c2ccccc2F)c(N2c3ccccc3Oc3ccccc32)c(C2CCCCC2)c1N1c2ccccc2Oc2ccccc21. The number of ether oxygens (including phenoxy) is 2. The van der Waals surface area contributed by atoms with E-state index in [1.165, 1.54) is 12.1 Å². The number of anilines is 6. The number of benzene rings is 7. The number of rotatable bonds is 5. The van der Waals surface area contributed by atoms with Crippen molar-refractivity contribution in [3.05, 3.63) is 169 Å². The molecule has 0 unspecified atom stereocenters. The van der Waals surface area contributed by atoms with Crippen LogP contribution in [0.5, 0.6) is 23.0 Å². The topological polar surface area (TPSA) is 24.9 Å². The summed E-state index contributed by atoms with van der Waals surface area (Å²) in [5.41, 5.74) is 8.36. The highest BCUT2D eigenvalue weighted by molar-refractivity contribution is 6.04. The lowest BCUT2D eigenvalue weighted by Gasteiger charge is -2.42. The molecule has 7 aromatic rings. The van der Waals surface area contributed by atoms with Crippen molar-refractivity contribution in [2.75, 3.05) is 9.80 Å². The van der Waals surface area contributed by atoms with Crippen molar-refractivity contribution in [1.29, 1.82) is 0 Å². The zero-order valence-electron chi connectivity index (χ0n) is 29.5. The Hall–Kier alpha value is -6.40. The average Bonchev–Trinajstić information content (AvgIpc) is 3.22. The molecule has 264 valence electrons. The summed E-state index contributed by atoms with van der Waals surface area (Å²) in [6, 6.07) is 47.9. The van der Waals surface area contributed by atoms with Gasteiger partial charge >= 0.3 is 0 Å². The van der Waals surface area contributed by atoms with E-state index in [0.29, 0.717) is 45.3 Å². The van der Waals surface area contributed by atoms with Gasteiger partial charge in [0, 0.05) is 27.8 Å². The van der Waals surface area contributed by atoms with Crippen LogP contribution in [-0.2, 0) is 0 Å². The van der Waals surface area contributed by atoms with Gasteiger partial charge in [-0.2, -0.15) is 0 Å². The van der Waals surface area contributed by atoms with E-state index in [4.69, 9.17) is 9.47 Å². The fraction of sp³-hybridized carbons (Fsp3) is 0.125. The highest BCUT2D eigenvalue weighted by atomic mass is 19.1. The van der Waals surface area contributed by atoms with Crippen LogP contribution in [0.25, 0.3) is 22.3 Å². The molecule has 54 heavy (non-hydrogen) atoms. The monoisotopic (exact) mass is 710 g/mol. The predicted molar refractivity (Wildman–Crippen MR) is 213 cm³/mol. The first-order valence-corrected chi connectivity index (χ1v) is 18.7. The maximum Gasteiger partial charge on any atom is 0.151 e. The van der Waals surface area contributed by atoms with Gasteiger partial charge in [-0.05, 0) is 85.5 Å². The van der Waals surface area contributed by atoms with Crippen molar-refractivity contribution in [2.24, 2.45) is 0 Å². The number of hydrogen-bond donors (Lipinski definition) is 0. The van der Waals surface area contributed by atoms with Gasteiger partial charge in [0.25, 0.3) is 0 Å². The molecule has 7 aromatic carbocycles. The molecule has 0 amide bonds. The molecule has 3 aliphatic rings. The summed E-state index contributed by atoms with van der Waals surface area (Å²) in [4.78, 5) is 4.51. The molecular weight excluding hydrogens is 675 g/mol. The van der Waals surface area contributed by atoms with Gasteiger partial charge in [0.2, 0.25) is 0 Å². The predicted octanol–water partition coefficient (Wildman–Crippen LogP) is 14.5. The van der Waals surface area contributed by atoms with E-state index in [0.717, 1.165) is 71.8 Å². The van der Waals surface area contributed by atoms with Gasteiger partial charge in [-0.15, -0.1) is 0 Å². The Bertz CT molecular complexity index is 2300. The first-order valence-electron chi connectivity index (χ1n) is 18.7.